The van der Waals surface area contributed by atoms with E-state index in [1.54, 1.807) is 0 Å². The number of aliphatic hydroxyl groups is 1. The molecule has 64 valence electrons. The molecule has 0 aromatic carbocycles. The molecule has 1 N–H and O–H groups in total. The maximum Gasteiger partial charge on any atom is 0.0468 e. The molecule has 0 spiro atoms. The van der Waals surface area contributed by atoms with E-state index >= 15 is 0 Å². The molecule has 0 saturated heterocycles. The second kappa shape index (κ2) is 3.91. The Morgan fingerprint density at radius 1 is 1.55 bits per heavy atom. The summed E-state index contributed by atoms with van der Waals surface area (Å²) in [7, 11) is 0. The van der Waals surface area contributed by atoms with Gasteiger partial charge in [0.2, 0.25) is 0 Å². The van der Waals surface area contributed by atoms with E-state index in [1.165, 1.54) is 24.8 Å². The molecule has 2 atom stereocenters. The van der Waals surface area contributed by atoms with E-state index in [-0.39, 0.29) is 6.61 Å². The van der Waals surface area contributed by atoms with Crippen LogP contribution in [0.5, 0.6) is 0 Å². The maximum atomic E-state index is 8.72. The Balaban J connectivity index is 2.39. The van der Waals surface area contributed by atoms with Gasteiger partial charge in [-0.2, -0.15) is 0 Å². The lowest BCUT2D eigenvalue weighted by Crippen LogP contribution is -2.07. The number of hydrogen-bond donors (Lipinski definition) is 1. The minimum absolute atomic E-state index is 0.266. The third-order valence-corrected chi connectivity index (χ3v) is 2.82. The highest BCUT2D eigenvalue weighted by Gasteiger charge is 2.24. The van der Waals surface area contributed by atoms with Crippen molar-refractivity contribution in [2.75, 3.05) is 6.61 Å². The molecule has 0 aromatic heterocycles. The van der Waals surface area contributed by atoms with Gasteiger partial charge in [0.25, 0.3) is 0 Å². The summed E-state index contributed by atoms with van der Waals surface area (Å²) < 4.78 is 0. The molecule has 0 aliphatic heterocycles. The largest absolute Gasteiger partial charge is 0.396 e. The third-order valence-electron chi connectivity index (χ3n) is 2.82. The first kappa shape index (κ1) is 8.79. The summed E-state index contributed by atoms with van der Waals surface area (Å²) in [5.74, 6) is 1.50. The molecule has 1 aliphatic carbocycles. The van der Waals surface area contributed by atoms with Crippen LogP contribution in [0.4, 0.5) is 0 Å². The molecule has 0 bridgehead atoms. The number of rotatable bonds is 3. The van der Waals surface area contributed by atoms with Gasteiger partial charge in [0.05, 0.1) is 0 Å². The summed E-state index contributed by atoms with van der Waals surface area (Å²) >= 11 is 0. The van der Waals surface area contributed by atoms with Crippen molar-refractivity contribution in [1.82, 2.24) is 0 Å². The molecule has 0 radical (unpaired) electrons. The van der Waals surface area contributed by atoms with E-state index < -0.39 is 0 Å². The van der Waals surface area contributed by atoms with Crippen LogP contribution < -0.4 is 0 Å². The monoisotopic (exact) mass is 154 g/mol. The summed E-state index contributed by atoms with van der Waals surface area (Å²) in [6, 6.07) is 0. The van der Waals surface area contributed by atoms with E-state index in [0.29, 0.717) is 5.92 Å². The van der Waals surface area contributed by atoms with Gasteiger partial charge < -0.3 is 5.11 Å². The second-order valence-electron chi connectivity index (χ2n) is 3.65. The van der Waals surface area contributed by atoms with Crippen molar-refractivity contribution < 1.29 is 5.11 Å². The van der Waals surface area contributed by atoms with Gasteiger partial charge in [0.1, 0.15) is 0 Å². The summed E-state index contributed by atoms with van der Waals surface area (Å²) in [6.45, 7) is 6.57. The molecule has 0 unspecified atom stereocenters. The first-order valence-corrected chi connectivity index (χ1v) is 4.54. The summed E-state index contributed by atoms with van der Waals surface area (Å²) in [5.41, 5.74) is 1.26. The van der Waals surface area contributed by atoms with Crippen LogP contribution >= 0.6 is 0 Å². The minimum Gasteiger partial charge on any atom is -0.396 e. The maximum absolute atomic E-state index is 8.72. The van der Waals surface area contributed by atoms with Crippen molar-refractivity contribution in [3.8, 4) is 0 Å². The van der Waals surface area contributed by atoms with Crippen LogP contribution in [0.15, 0.2) is 12.2 Å². The Labute approximate surface area is 69.1 Å². The summed E-state index contributed by atoms with van der Waals surface area (Å²) in [4.78, 5) is 0. The van der Waals surface area contributed by atoms with E-state index in [1.807, 2.05) is 0 Å². The third kappa shape index (κ3) is 2.06. The van der Waals surface area contributed by atoms with E-state index in [9.17, 15) is 0 Å². The van der Waals surface area contributed by atoms with Gasteiger partial charge in [-0.1, -0.05) is 31.9 Å². The Morgan fingerprint density at radius 2 is 2.27 bits per heavy atom. The van der Waals surface area contributed by atoms with Crippen molar-refractivity contribution >= 4 is 0 Å². The highest BCUT2D eigenvalue weighted by atomic mass is 16.2. The van der Waals surface area contributed by atoms with E-state index in [4.69, 9.17) is 5.11 Å². The lowest BCUT2D eigenvalue weighted by atomic mass is 9.89. The Morgan fingerprint density at radius 3 is 2.73 bits per heavy atom. The molecule has 0 amide bonds. The molecule has 1 rings (SSSR count). The lowest BCUT2D eigenvalue weighted by molar-refractivity contribution is 0.290. The molecular weight excluding hydrogens is 136 g/mol. The Bertz CT molecular complexity index is 140. The van der Waals surface area contributed by atoms with Crippen molar-refractivity contribution in [2.45, 2.75) is 32.6 Å². The zero-order valence-corrected chi connectivity index (χ0v) is 7.34. The van der Waals surface area contributed by atoms with Gasteiger partial charge in [-0.3, -0.25) is 0 Å². The van der Waals surface area contributed by atoms with Crippen molar-refractivity contribution in [3.63, 3.8) is 0 Å². The number of hydrogen-bond acceptors (Lipinski definition) is 1. The van der Waals surface area contributed by atoms with Crippen LogP contribution in [0.1, 0.15) is 32.6 Å². The standard InChI is InChI=1S/C10H18O/c1-8-4-3-5-10(8)9(2)6-7-11/h8,10-11H,2-7H2,1H3/t8-,10-/m1/s1. The molecule has 1 aliphatic rings. The average molecular weight is 154 g/mol. The molecule has 0 aromatic rings. The van der Waals surface area contributed by atoms with Crippen molar-refractivity contribution in [3.05, 3.63) is 12.2 Å². The van der Waals surface area contributed by atoms with Crippen LogP contribution in [0.25, 0.3) is 0 Å². The first-order chi connectivity index (χ1) is 5.25. The molecular formula is C10H18O. The van der Waals surface area contributed by atoms with Crippen LogP contribution in [0.3, 0.4) is 0 Å². The summed E-state index contributed by atoms with van der Waals surface area (Å²) in [6.07, 6.45) is 4.78. The van der Waals surface area contributed by atoms with Gasteiger partial charge in [-0.25, -0.2) is 0 Å². The predicted octanol–water partition coefficient (Wildman–Crippen LogP) is 2.36. The first-order valence-electron chi connectivity index (χ1n) is 4.54. The molecule has 1 saturated carbocycles. The Kier molecular flexibility index (Phi) is 3.13. The zero-order chi connectivity index (χ0) is 8.27. The van der Waals surface area contributed by atoms with Crippen molar-refractivity contribution in [2.24, 2.45) is 11.8 Å². The van der Waals surface area contributed by atoms with Crippen LogP contribution in [0, 0.1) is 11.8 Å². The molecule has 0 heterocycles. The van der Waals surface area contributed by atoms with Gasteiger partial charge >= 0.3 is 0 Å². The lowest BCUT2D eigenvalue weighted by Gasteiger charge is -2.17. The molecule has 1 heteroatoms. The highest BCUT2D eigenvalue weighted by molar-refractivity contribution is 5.04. The fourth-order valence-corrected chi connectivity index (χ4v) is 2.08. The number of aliphatic hydroxyl groups excluding tert-OH is 1. The van der Waals surface area contributed by atoms with Gasteiger partial charge in [-0.15, -0.1) is 0 Å². The van der Waals surface area contributed by atoms with Gasteiger partial charge in [0.15, 0.2) is 0 Å². The SMILES string of the molecule is C=C(CCO)[C@@H]1CCC[C@H]1C. The summed E-state index contributed by atoms with van der Waals surface area (Å²) in [5, 5.41) is 8.72. The smallest absolute Gasteiger partial charge is 0.0468 e. The molecule has 1 fully saturated rings. The van der Waals surface area contributed by atoms with Crippen LogP contribution in [-0.4, -0.2) is 11.7 Å². The fourth-order valence-electron chi connectivity index (χ4n) is 2.08. The van der Waals surface area contributed by atoms with E-state index in [0.717, 1.165) is 12.3 Å². The quantitative estimate of drug-likeness (QED) is 0.619. The normalized spacial score (nSPS) is 30.7. The second-order valence-corrected chi connectivity index (χ2v) is 3.65. The topological polar surface area (TPSA) is 20.2 Å². The van der Waals surface area contributed by atoms with Gasteiger partial charge in [0, 0.05) is 6.61 Å². The predicted molar refractivity (Wildman–Crippen MR) is 47.3 cm³/mol. The average Bonchev–Trinajstić information content (AvgIpc) is 2.36. The van der Waals surface area contributed by atoms with Gasteiger partial charge in [-0.05, 0) is 24.7 Å². The highest BCUT2D eigenvalue weighted by Crippen LogP contribution is 2.36. The Hall–Kier alpha value is -0.300. The van der Waals surface area contributed by atoms with Crippen LogP contribution in [0.2, 0.25) is 0 Å². The van der Waals surface area contributed by atoms with Crippen molar-refractivity contribution in [1.29, 1.82) is 0 Å². The molecule has 1 nitrogen and oxygen atoms in total. The van der Waals surface area contributed by atoms with Crippen LogP contribution in [-0.2, 0) is 0 Å². The molecule has 11 heavy (non-hydrogen) atoms. The fraction of sp³-hybridized carbons (Fsp3) is 0.800. The minimum atomic E-state index is 0.266. The van der Waals surface area contributed by atoms with E-state index in [2.05, 4.69) is 13.5 Å². The zero-order valence-electron chi connectivity index (χ0n) is 7.34.